The van der Waals surface area contributed by atoms with Crippen molar-refractivity contribution in [1.29, 1.82) is 0 Å². The van der Waals surface area contributed by atoms with Crippen molar-refractivity contribution in [1.82, 2.24) is 5.32 Å². The van der Waals surface area contributed by atoms with Gasteiger partial charge in [0.15, 0.2) is 0 Å². The van der Waals surface area contributed by atoms with Gasteiger partial charge in [-0.1, -0.05) is 18.2 Å². The van der Waals surface area contributed by atoms with Gasteiger partial charge in [0.2, 0.25) is 11.8 Å². The Kier molecular flexibility index (Phi) is 5.88. The lowest BCUT2D eigenvalue weighted by molar-refractivity contribution is -0.123. The fraction of sp³-hybridized carbons (Fsp3) is 0.556. The van der Waals surface area contributed by atoms with Crippen molar-refractivity contribution in [2.45, 2.75) is 44.6 Å². The normalized spacial score (nSPS) is 19.1. The van der Waals surface area contributed by atoms with E-state index in [9.17, 15) is 9.59 Å². The van der Waals surface area contributed by atoms with Crippen molar-refractivity contribution in [3.63, 3.8) is 0 Å². The largest absolute Gasteiger partial charge is 0.349 e. The molecule has 0 spiro atoms. The van der Waals surface area contributed by atoms with Crippen molar-refractivity contribution in [3.8, 4) is 0 Å². The van der Waals surface area contributed by atoms with E-state index >= 15 is 0 Å². The SMILES string of the molecule is CC(CN)(NC(=O)CCN1C(=O)CCc2ccccc21)C1CC1.Cl. The summed E-state index contributed by atoms with van der Waals surface area (Å²) in [6.45, 7) is 2.89. The van der Waals surface area contributed by atoms with Crippen molar-refractivity contribution < 1.29 is 9.59 Å². The molecule has 1 aromatic carbocycles. The number of carbonyl (C=O) groups is 2. The first kappa shape index (κ1) is 18.7. The Morgan fingerprint density at radius 3 is 2.71 bits per heavy atom. The molecule has 3 N–H and O–H groups in total. The number of halogens is 1. The number of hydrogen-bond acceptors (Lipinski definition) is 3. The van der Waals surface area contributed by atoms with E-state index in [0.29, 0.717) is 31.8 Å². The maximum absolute atomic E-state index is 12.3. The molecule has 2 amide bonds. The second-order valence-corrected chi connectivity index (χ2v) is 6.87. The van der Waals surface area contributed by atoms with Gasteiger partial charge in [0, 0.05) is 31.6 Å². The zero-order chi connectivity index (χ0) is 16.4. The summed E-state index contributed by atoms with van der Waals surface area (Å²) in [5, 5.41) is 3.08. The minimum absolute atomic E-state index is 0. The van der Waals surface area contributed by atoms with Gasteiger partial charge < -0.3 is 16.0 Å². The summed E-state index contributed by atoms with van der Waals surface area (Å²) in [6, 6.07) is 7.93. The molecule has 2 aliphatic rings. The average molecular weight is 352 g/mol. The molecule has 1 heterocycles. The Labute approximate surface area is 149 Å². The first-order valence-corrected chi connectivity index (χ1v) is 8.43. The summed E-state index contributed by atoms with van der Waals surface area (Å²) in [7, 11) is 0. The Morgan fingerprint density at radius 2 is 2.04 bits per heavy atom. The van der Waals surface area contributed by atoms with Crippen LogP contribution < -0.4 is 16.0 Å². The van der Waals surface area contributed by atoms with Crippen LogP contribution >= 0.6 is 12.4 Å². The Balaban J connectivity index is 0.00000208. The number of nitrogens with zero attached hydrogens (tertiary/aromatic N) is 1. The molecule has 24 heavy (non-hydrogen) atoms. The van der Waals surface area contributed by atoms with Crippen LogP contribution in [0.1, 0.15) is 38.2 Å². The van der Waals surface area contributed by atoms with Crippen LogP contribution in [-0.2, 0) is 16.0 Å². The monoisotopic (exact) mass is 351 g/mol. The number of amides is 2. The number of aryl methyl sites for hydroxylation is 1. The number of para-hydroxylation sites is 1. The zero-order valence-corrected chi connectivity index (χ0v) is 14.9. The van der Waals surface area contributed by atoms with Gasteiger partial charge in [0.05, 0.1) is 5.54 Å². The maximum atomic E-state index is 12.3. The third-order valence-corrected chi connectivity index (χ3v) is 5.08. The van der Waals surface area contributed by atoms with Crippen LogP contribution in [-0.4, -0.2) is 30.4 Å². The number of anilines is 1. The number of nitrogens with two attached hydrogens (primary N) is 1. The quantitative estimate of drug-likeness (QED) is 0.823. The molecule has 0 radical (unpaired) electrons. The second-order valence-electron chi connectivity index (χ2n) is 6.87. The highest BCUT2D eigenvalue weighted by Gasteiger charge is 2.41. The number of fused-ring (bicyclic) bond motifs is 1. The molecule has 1 aliphatic carbocycles. The van der Waals surface area contributed by atoms with E-state index in [1.807, 2.05) is 31.2 Å². The summed E-state index contributed by atoms with van der Waals surface area (Å²) in [6.07, 6.45) is 3.87. The average Bonchev–Trinajstić information content (AvgIpc) is 3.39. The van der Waals surface area contributed by atoms with Gasteiger partial charge in [0.1, 0.15) is 0 Å². The van der Waals surface area contributed by atoms with E-state index in [2.05, 4.69) is 5.32 Å². The third-order valence-electron chi connectivity index (χ3n) is 5.08. The highest BCUT2D eigenvalue weighted by Crippen LogP contribution is 2.39. The molecule has 0 bridgehead atoms. The summed E-state index contributed by atoms with van der Waals surface area (Å²) < 4.78 is 0. The Bertz CT molecular complexity index is 618. The molecule has 1 atom stereocenters. The standard InChI is InChI=1S/C18H25N3O2.ClH/c1-18(12-19,14-7-8-14)20-16(22)10-11-21-15-5-3-2-4-13(15)6-9-17(21)23;/h2-5,14H,6-12,19H2,1H3,(H,20,22);1H. The third kappa shape index (κ3) is 3.90. The Hall–Kier alpha value is -1.59. The second kappa shape index (κ2) is 7.53. The van der Waals surface area contributed by atoms with Gasteiger partial charge in [-0.2, -0.15) is 0 Å². The van der Waals surface area contributed by atoms with E-state index in [1.165, 1.54) is 5.56 Å². The van der Waals surface area contributed by atoms with Crippen LogP contribution in [0.25, 0.3) is 0 Å². The highest BCUT2D eigenvalue weighted by atomic mass is 35.5. The number of rotatable bonds is 6. The van der Waals surface area contributed by atoms with E-state index < -0.39 is 0 Å². The lowest BCUT2D eigenvalue weighted by Gasteiger charge is -2.31. The summed E-state index contributed by atoms with van der Waals surface area (Å²) in [5.74, 6) is 0.565. The van der Waals surface area contributed by atoms with Gasteiger partial charge in [-0.15, -0.1) is 12.4 Å². The van der Waals surface area contributed by atoms with Gasteiger partial charge in [0.25, 0.3) is 0 Å². The van der Waals surface area contributed by atoms with Gasteiger partial charge in [-0.05, 0) is 43.7 Å². The van der Waals surface area contributed by atoms with Crippen LogP contribution in [0.15, 0.2) is 24.3 Å². The minimum atomic E-state index is -0.305. The lowest BCUT2D eigenvalue weighted by atomic mass is 9.95. The minimum Gasteiger partial charge on any atom is -0.349 e. The van der Waals surface area contributed by atoms with Crippen LogP contribution in [0.4, 0.5) is 5.69 Å². The van der Waals surface area contributed by atoms with Gasteiger partial charge in [-0.25, -0.2) is 0 Å². The number of hydrogen-bond donors (Lipinski definition) is 2. The van der Waals surface area contributed by atoms with Gasteiger partial charge in [-0.3, -0.25) is 9.59 Å². The Morgan fingerprint density at radius 1 is 1.33 bits per heavy atom. The van der Waals surface area contributed by atoms with Crippen molar-refractivity contribution in [3.05, 3.63) is 29.8 Å². The smallest absolute Gasteiger partial charge is 0.227 e. The fourth-order valence-corrected chi connectivity index (χ4v) is 3.38. The molecule has 0 saturated heterocycles. The molecular weight excluding hydrogens is 326 g/mol. The lowest BCUT2D eigenvalue weighted by Crippen LogP contribution is -2.53. The van der Waals surface area contributed by atoms with E-state index in [-0.39, 0.29) is 29.8 Å². The van der Waals surface area contributed by atoms with E-state index in [4.69, 9.17) is 5.73 Å². The van der Waals surface area contributed by atoms with Crippen molar-refractivity contribution >= 4 is 29.9 Å². The molecule has 5 nitrogen and oxygen atoms in total. The van der Waals surface area contributed by atoms with Crippen LogP contribution in [0, 0.1) is 5.92 Å². The van der Waals surface area contributed by atoms with Crippen molar-refractivity contribution in [2.75, 3.05) is 18.0 Å². The van der Waals surface area contributed by atoms with E-state index in [1.54, 1.807) is 4.90 Å². The van der Waals surface area contributed by atoms with Crippen LogP contribution in [0.3, 0.4) is 0 Å². The number of carbonyl (C=O) groups excluding carboxylic acids is 2. The summed E-state index contributed by atoms with van der Waals surface area (Å²) >= 11 is 0. The van der Waals surface area contributed by atoms with E-state index in [0.717, 1.165) is 24.9 Å². The van der Waals surface area contributed by atoms with Crippen molar-refractivity contribution in [2.24, 2.45) is 11.7 Å². The number of benzene rings is 1. The first-order valence-electron chi connectivity index (χ1n) is 8.43. The fourth-order valence-electron chi connectivity index (χ4n) is 3.38. The highest BCUT2D eigenvalue weighted by molar-refractivity contribution is 5.97. The topological polar surface area (TPSA) is 75.4 Å². The molecule has 1 aromatic rings. The molecule has 1 unspecified atom stereocenters. The molecule has 0 aromatic heterocycles. The predicted molar refractivity (Wildman–Crippen MR) is 97.3 cm³/mol. The summed E-state index contributed by atoms with van der Waals surface area (Å²) in [4.78, 5) is 26.3. The predicted octanol–water partition coefficient (Wildman–Crippen LogP) is 2.02. The molecule has 3 rings (SSSR count). The maximum Gasteiger partial charge on any atom is 0.227 e. The van der Waals surface area contributed by atoms with Crippen LogP contribution in [0.5, 0.6) is 0 Å². The number of nitrogens with one attached hydrogen (secondary N) is 1. The molecule has 1 fully saturated rings. The van der Waals surface area contributed by atoms with Crippen LogP contribution in [0.2, 0.25) is 0 Å². The zero-order valence-electron chi connectivity index (χ0n) is 14.1. The first-order chi connectivity index (χ1) is 11.0. The molecule has 132 valence electrons. The molecule has 1 saturated carbocycles. The molecule has 1 aliphatic heterocycles. The molecule has 6 heteroatoms. The molecular formula is C18H26ClN3O2. The van der Waals surface area contributed by atoms with Gasteiger partial charge >= 0.3 is 0 Å². The summed E-state index contributed by atoms with van der Waals surface area (Å²) in [5.41, 5.74) is 7.66.